The fourth-order valence-corrected chi connectivity index (χ4v) is 2.82. The molecule has 30 heavy (non-hydrogen) atoms. The normalized spacial score (nSPS) is 10.0. The quantitative estimate of drug-likeness (QED) is 0.613. The van der Waals surface area contributed by atoms with E-state index in [4.69, 9.17) is 26.8 Å². The van der Waals surface area contributed by atoms with Crippen molar-refractivity contribution in [1.82, 2.24) is 4.98 Å². The van der Waals surface area contributed by atoms with Crippen LogP contribution < -0.4 is 20.5 Å². The number of nitrogens with one attached hydrogen (secondary N) is 1. The Morgan fingerprint density at radius 2 is 1.70 bits per heavy atom. The zero-order valence-corrected chi connectivity index (χ0v) is 17.5. The minimum absolute atomic E-state index is 0.280. The van der Waals surface area contributed by atoms with Crippen molar-refractivity contribution in [3.8, 4) is 23.3 Å². The SMILES string of the molecule is COc1cc(NC(=O)c2ccc(C)c(C#Cc3cc(Cl)cnc3N)c2)cc(OC)c1. The summed E-state index contributed by atoms with van der Waals surface area (Å²) in [7, 11) is 3.10. The van der Waals surface area contributed by atoms with Crippen LogP contribution in [0.4, 0.5) is 11.5 Å². The van der Waals surface area contributed by atoms with Crippen LogP contribution in [0.5, 0.6) is 11.5 Å². The summed E-state index contributed by atoms with van der Waals surface area (Å²) in [6.07, 6.45) is 1.46. The number of anilines is 2. The Morgan fingerprint density at radius 1 is 1.03 bits per heavy atom. The molecule has 0 atom stereocenters. The molecular weight excluding hydrogens is 402 g/mol. The molecule has 0 bridgehead atoms. The minimum atomic E-state index is -0.280. The third-order valence-electron chi connectivity index (χ3n) is 4.33. The van der Waals surface area contributed by atoms with E-state index < -0.39 is 0 Å². The van der Waals surface area contributed by atoms with Gasteiger partial charge in [-0.1, -0.05) is 29.5 Å². The Balaban J connectivity index is 1.87. The van der Waals surface area contributed by atoms with Gasteiger partial charge >= 0.3 is 0 Å². The van der Waals surface area contributed by atoms with Crippen LogP contribution in [0.1, 0.15) is 27.0 Å². The fourth-order valence-electron chi connectivity index (χ4n) is 2.67. The Bertz CT molecular complexity index is 1140. The standard InChI is InChI=1S/C23H20ClN3O3/c1-14-4-5-17(8-15(14)6-7-16-9-18(24)13-26-22(16)25)23(28)27-19-10-20(29-2)12-21(11-19)30-3/h4-5,8-13H,1-3H3,(H2,25,26)(H,27,28). The molecule has 0 aliphatic heterocycles. The number of hydrogen-bond acceptors (Lipinski definition) is 5. The van der Waals surface area contributed by atoms with Crippen LogP contribution in [-0.2, 0) is 0 Å². The zero-order chi connectivity index (χ0) is 21.7. The van der Waals surface area contributed by atoms with E-state index in [9.17, 15) is 4.79 Å². The van der Waals surface area contributed by atoms with Gasteiger partial charge in [-0.05, 0) is 30.7 Å². The van der Waals surface area contributed by atoms with Crippen molar-refractivity contribution in [2.45, 2.75) is 6.92 Å². The summed E-state index contributed by atoms with van der Waals surface area (Å²) in [4.78, 5) is 16.8. The van der Waals surface area contributed by atoms with Gasteiger partial charge in [0, 0.05) is 41.2 Å². The van der Waals surface area contributed by atoms with Gasteiger partial charge in [-0.15, -0.1) is 0 Å². The Morgan fingerprint density at radius 3 is 2.37 bits per heavy atom. The molecule has 3 N–H and O–H groups in total. The molecule has 1 heterocycles. The van der Waals surface area contributed by atoms with Crippen molar-refractivity contribution in [3.63, 3.8) is 0 Å². The second-order valence-electron chi connectivity index (χ2n) is 6.42. The van der Waals surface area contributed by atoms with Gasteiger partial charge in [0.2, 0.25) is 0 Å². The second-order valence-corrected chi connectivity index (χ2v) is 6.86. The molecule has 0 spiro atoms. The number of benzene rings is 2. The zero-order valence-electron chi connectivity index (χ0n) is 16.7. The van der Waals surface area contributed by atoms with Crippen LogP contribution in [0.15, 0.2) is 48.7 Å². The van der Waals surface area contributed by atoms with Crippen molar-refractivity contribution < 1.29 is 14.3 Å². The number of nitrogen functional groups attached to an aromatic ring is 1. The number of carbonyl (C=O) groups excluding carboxylic acids is 1. The lowest BCUT2D eigenvalue weighted by Crippen LogP contribution is -2.12. The van der Waals surface area contributed by atoms with E-state index in [0.717, 1.165) is 5.56 Å². The number of nitrogens with two attached hydrogens (primary N) is 1. The molecule has 0 saturated heterocycles. The summed E-state index contributed by atoms with van der Waals surface area (Å²) < 4.78 is 10.5. The van der Waals surface area contributed by atoms with Crippen LogP contribution in [-0.4, -0.2) is 25.1 Å². The second kappa shape index (κ2) is 9.21. The van der Waals surface area contributed by atoms with Crippen LogP contribution in [0.3, 0.4) is 0 Å². The van der Waals surface area contributed by atoms with E-state index in [1.165, 1.54) is 6.20 Å². The number of pyridine rings is 1. The van der Waals surface area contributed by atoms with E-state index in [1.54, 1.807) is 50.6 Å². The first-order chi connectivity index (χ1) is 14.4. The number of amides is 1. The summed E-state index contributed by atoms with van der Waals surface area (Å²) >= 11 is 5.96. The van der Waals surface area contributed by atoms with Crippen LogP contribution in [0.25, 0.3) is 0 Å². The number of carbonyl (C=O) groups is 1. The van der Waals surface area contributed by atoms with Gasteiger partial charge in [0.25, 0.3) is 5.91 Å². The lowest BCUT2D eigenvalue weighted by Gasteiger charge is -2.10. The Kier molecular flexibility index (Phi) is 6.45. The highest BCUT2D eigenvalue weighted by Gasteiger charge is 2.10. The molecule has 0 aliphatic carbocycles. The summed E-state index contributed by atoms with van der Waals surface area (Å²) in [6.45, 7) is 1.91. The third-order valence-corrected chi connectivity index (χ3v) is 4.53. The van der Waals surface area contributed by atoms with Crippen molar-refractivity contribution in [1.29, 1.82) is 0 Å². The average molecular weight is 422 g/mol. The first-order valence-corrected chi connectivity index (χ1v) is 9.35. The van der Waals surface area contributed by atoms with Gasteiger partial charge in [-0.3, -0.25) is 4.79 Å². The number of aromatic nitrogens is 1. The fraction of sp³-hybridized carbons (Fsp3) is 0.130. The largest absolute Gasteiger partial charge is 0.497 e. The molecule has 7 heteroatoms. The highest BCUT2D eigenvalue weighted by atomic mass is 35.5. The first-order valence-electron chi connectivity index (χ1n) is 8.97. The molecule has 1 aromatic heterocycles. The number of hydrogen-bond donors (Lipinski definition) is 2. The highest BCUT2D eigenvalue weighted by Crippen LogP contribution is 2.26. The van der Waals surface area contributed by atoms with Gasteiger partial charge in [0.1, 0.15) is 17.3 Å². The predicted molar refractivity (Wildman–Crippen MR) is 118 cm³/mol. The minimum Gasteiger partial charge on any atom is -0.497 e. The van der Waals surface area contributed by atoms with Gasteiger partial charge in [0.15, 0.2) is 0 Å². The average Bonchev–Trinajstić information content (AvgIpc) is 2.74. The van der Waals surface area contributed by atoms with E-state index in [1.807, 2.05) is 13.0 Å². The number of ether oxygens (including phenoxy) is 2. The van der Waals surface area contributed by atoms with Crippen molar-refractivity contribution >= 4 is 29.0 Å². The van der Waals surface area contributed by atoms with Crippen molar-refractivity contribution in [2.24, 2.45) is 0 Å². The maximum atomic E-state index is 12.8. The Hall–Kier alpha value is -3.69. The lowest BCUT2D eigenvalue weighted by molar-refractivity contribution is 0.102. The monoisotopic (exact) mass is 421 g/mol. The van der Waals surface area contributed by atoms with Gasteiger partial charge in [0.05, 0.1) is 24.8 Å². The predicted octanol–water partition coefficient (Wildman–Crippen LogP) is 4.29. The topological polar surface area (TPSA) is 86.5 Å². The maximum absolute atomic E-state index is 12.8. The molecule has 0 unspecified atom stereocenters. The first kappa shape index (κ1) is 21.0. The molecule has 152 valence electrons. The molecule has 6 nitrogen and oxygen atoms in total. The number of halogens is 1. The molecule has 3 aromatic rings. The van der Waals surface area contributed by atoms with E-state index in [-0.39, 0.29) is 5.91 Å². The number of aryl methyl sites for hydroxylation is 1. The molecule has 0 radical (unpaired) electrons. The number of methoxy groups -OCH3 is 2. The molecule has 3 rings (SSSR count). The van der Waals surface area contributed by atoms with Crippen molar-refractivity contribution in [3.05, 3.63) is 75.9 Å². The third kappa shape index (κ3) is 5.02. The summed E-state index contributed by atoms with van der Waals surface area (Å²) in [5, 5.41) is 3.30. The molecule has 1 amide bonds. The van der Waals surface area contributed by atoms with E-state index >= 15 is 0 Å². The number of rotatable bonds is 4. The van der Waals surface area contributed by atoms with E-state index in [2.05, 4.69) is 22.1 Å². The van der Waals surface area contributed by atoms with E-state index in [0.29, 0.717) is 44.7 Å². The lowest BCUT2D eigenvalue weighted by atomic mass is 10.0. The van der Waals surface area contributed by atoms with Crippen molar-refractivity contribution in [2.75, 3.05) is 25.3 Å². The van der Waals surface area contributed by atoms with Gasteiger partial charge < -0.3 is 20.5 Å². The smallest absolute Gasteiger partial charge is 0.255 e. The number of nitrogens with zero attached hydrogens (tertiary/aromatic N) is 1. The Labute approximate surface area is 180 Å². The summed E-state index contributed by atoms with van der Waals surface area (Å²) in [5.41, 5.74) is 9.02. The van der Waals surface area contributed by atoms with Crippen LogP contribution in [0.2, 0.25) is 5.02 Å². The molecule has 0 fully saturated rings. The molecular formula is C23H20ClN3O3. The summed E-state index contributed by atoms with van der Waals surface area (Å²) in [6, 6.07) is 12.1. The molecule has 0 aliphatic rings. The molecule has 2 aromatic carbocycles. The highest BCUT2D eigenvalue weighted by molar-refractivity contribution is 6.30. The summed E-state index contributed by atoms with van der Waals surface area (Å²) in [5.74, 6) is 7.18. The van der Waals surface area contributed by atoms with Crippen LogP contribution >= 0.6 is 11.6 Å². The maximum Gasteiger partial charge on any atom is 0.255 e. The van der Waals surface area contributed by atoms with Gasteiger partial charge in [-0.2, -0.15) is 0 Å². The van der Waals surface area contributed by atoms with Crippen LogP contribution in [0, 0.1) is 18.8 Å². The van der Waals surface area contributed by atoms with Gasteiger partial charge in [-0.25, -0.2) is 4.98 Å². The molecule has 0 saturated carbocycles.